The molecule has 1 fully saturated rings. The molecule has 0 bridgehead atoms. The Morgan fingerprint density at radius 1 is 1.27 bits per heavy atom. The van der Waals surface area contributed by atoms with Gasteiger partial charge in [0.05, 0.1) is 24.5 Å². The van der Waals surface area contributed by atoms with Gasteiger partial charge in [0.15, 0.2) is 0 Å². The van der Waals surface area contributed by atoms with Crippen molar-refractivity contribution in [2.24, 2.45) is 0 Å². The number of halogens is 3. The number of hydrogen-bond acceptors (Lipinski definition) is 4. The Hall–Kier alpha value is -2.39. The highest BCUT2D eigenvalue weighted by atomic mass is 19.4. The van der Waals surface area contributed by atoms with E-state index in [1.54, 1.807) is 0 Å². The molecule has 1 amide bonds. The molecule has 1 aliphatic rings. The Balaban J connectivity index is 1.54. The second kappa shape index (κ2) is 7.88. The van der Waals surface area contributed by atoms with Crippen molar-refractivity contribution in [1.82, 2.24) is 15.1 Å². The standard InChI is InChI=1S/C17H19F3N4O2/c18-17(19,20)15-7-8-22-24(15)13-5-3-12(4-6-13)23-16(25)11-21-10-14-2-1-9-26-14/h3-8,14,21H,1-2,9-11H2,(H,23,25). The smallest absolute Gasteiger partial charge is 0.377 e. The molecule has 9 heteroatoms. The lowest BCUT2D eigenvalue weighted by atomic mass is 10.2. The Morgan fingerprint density at radius 3 is 2.69 bits per heavy atom. The number of anilines is 1. The number of alkyl halides is 3. The van der Waals surface area contributed by atoms with E-state index in [2.05, 4.69) is 15.7 Å². The first-order chi connectivity index (χ1) is 12.4. The fourth-order valence-electron chi connectivity index (χ4n) is 2.77. The normalized spacial score (nSPS) is 17.4. The molecule has 1 aliphatic heterocycles. The van der Waals surface area contributed by atoms with Crippen LogP contribution in [-0.4, -0.2) is 41.5 Å². The van der Waals surface area contributed by atoms with E-state index >= 15 is 0 Å². The Kier molecular flexibility index (Phi) is 5.58. The van der Waals surface area contributed by atoms with Crippen LogP contribution in [0, 0.1) is 0 Å². The van der Waals surface area contributed by atoms with Gasteiger partial charge in [-0.15, -0.1) is 0 Å². The first-order valence-corrected chi connectivity index (χ1v) is 8.27. The third-order valence-corrected chi connectivity index (χ3v) is 4.01. The average molecular weight is 368 g/mol. The van der Waals surface area contributed by atoms with Gasteiger partial charge < -0.3 is 15.4 Å². The van der Waals surface area contributed by atoms with Crippen LogP contribution in [0.4, 0.5) is 18.9 Å². The monoisotopic (exact) mass is 368 g/mol. The van der Waals surface area contributed by atoms with Crippen LogP contribution >= 0.6 is 0 Å². The van der Waals surface area contributed by atoms with Crippen LogP contribution in [0.15, 0.2) is 36.5 Å². The lowest BCUT2D eigenvalue weighted by Gasteiger charge is -2.12. The second-order valence-electron chi connectivity index (χ2n) is 5.99. The Labute approximate surface area is 148 Å². The lowest BCUT2D eigenvalue weighted by molar-refractivity contribution is -0.142. The minimum atomic E-state index is -4.49. The Bertz CT molecular complexity index is 737. The number of benzene rings is 1. The molecule has 2 heterocycles. The predicted molar refractivity (Wildman–Crippen MR) is 89.0 cm³/mol. The summed E-state index contributed by atoms with van der Waals surface area (Å²) in [6.45, 7) is 1.52. The van der Waals surface area contributed by atoms with E-state index in [0.717, 1.165) is 36.4 Å². The maximum atomic E-state index is 12.9. The van der Waals surface area contributed by atoms with Gasteiger partial charge in [0.25, 0.3) is 0 Å². The molecule has 1 aromatic heterocycles. The number of carbonyl (C=O) groups is 1. The quantitative estimate of drug-likeness (QED) is 0.823. The summed E-state index contributed by atoms with van der Waals surface area (Å²) in [5, 5.41) is 9.43. The van der Waals surface area contributed by atoms with Gasteiger partial charge in [-0.2, -0.15) is 18.3 Å². The van der Waals surface area contributed by atoms with Gasteiger partial charge in [0.1, 0.15) is 5.69 Å². The third kappa shape index (κ3) is 4.61. The molecule has 1 unspecified atom stereocenters. The van der Waals surface area contributed by atoms with Gasteiger partial charge >= 0.3 is 6.18 Å². The fourth-order valence-corrected chi connectivity index (χ4v) is 2.77. The maximum absolute atomic E-state index is 12.9. The molecule has 2 N–H and O–H groups in total. The number of carbonyl (C=O) groups excluding carboxylic acids is 1. The lowest BCUT2D eigenvalue weighted by Crippen LogP contribution is -2.33. The number of rotatable bonds is 6. The summed E-state index contributed by atoms with van der Waals surface area (Å²) in [5.41, 5.74) is -0.0946. The van der Waals surface area contributed by atoms with Gasteiger partial charge in [-0.3, -0.25) is 4.79 Å². The number of aromatic nitrogens is 2. The Morgan fingerprint density at radius 2 is 2.04 bits per heavy atom. The largest absolute Gasteiger partial charge is 0.433 e. The molecule has 6 nitrogen and oxygen atoms in total. The van der Waals surface area contributed by atoms with Crippen molar-refractivity contribution >= 4 is 11.6 Å². The zero-order valence-electron chi connectivity index (χ0n) is 13.9. The van der Waals surface area contributed by atoms with Crippen LogP contribution in [-0.2, 0) is 15.7 Å². The summed E-state index contributed by atoms with van der Waals surface area (Å²) < 4.78 is 45.0. The van der Waals surface area contributed by atoms with E-state index in [1.807, 2.05) is 0 Å². The van der Waals surface area contributed by atoms with E-state index < -0.39 is 11.9 Å². The molecular formula is C17H19F3N4O2. The third-order valence-electron chi connectivity index (χ3n) is 4.01. The molecular weight excluding hydrogens is 349 g/mol. The van der Waals surface area contributed by atoms with Gasteiger partial charge in [-0.1, -0.05) is 0 Å². The summed E-state index contributed by atoms with van der Waals surface area (Å²) in [7, 11) is 0. The zero-order chi connectivity index (χ0) is 18.6. The number of nitrogens with one attached hydrogen (secondary N) is 2. The SMILES string of the molecule is O=C(CNCC1CCCO1)Nc1ccc(-n2nccc2C(F)(F)F)cc1. The zero-order valence-corrected chi connectivity index (χ0v) is 13.9. The highest BCUT2D eigenvalue weighted by molar-refractivity contribution is 5.92. The van der Waals surface area contributed by atoms with Crippen LogP contribution in [0.25, 0.3) is 5.69 Å². The highest BCUT2D eigenvalue weighted by Crippen LogP contribution is 2.30. The average Bonchev–Trinajstić information content (AvgIpc) is 3.26. The summed E-state index contributed by atoms with van der Waals surface area (Å²) in [4.78, 5) is 11.9. The van der Waals surface area contributed by atoms with Crippen LogP contribution in [0.3, 0.4) is 0 Å². The maximum Gasteiger partial charge on any atom is 0.433 e. The number of hydrogen-bond donors (Lipinski definition) is 2. The van der Waals surface area contributed by atoms with Crippen LogP contribution in [0.5, 0.6) is 0 Å². The van der Waals surface area contributed by atoms with Gasteiger partial charge in [0, 0.05) is 18.8 Å². The molecule has 1 aromatic carbocycles. The molecule has 0 aliphatic carbocycles. The molecule has 2 aromatic rings. The van der Waals surface area contributed by atoms with E-state index in [9.17, 15) is 18.0 Å². The van der Waals surface area contributed by atoms with E-state index in [1.165, 1.54) is 24.3 Å². The number of nitrogens with zero attached hydrogens (tertiary/aromatic N) is 2. The van der Waals surface area contributed by atoms with Crippen molar-refractivity contribution in [3.63, 3.8) is 0 Å². The molecule has 0 spiro atoms. The van der Waals surface area contributed by atoms with Gasteiger partial charge in [-0.05, 0) is 43.2 Å². The van der Waals surface area contributed by atoms with E-state index in [-0.39, 0.29) is 24.2 Å². The molecule has 0 radical (unpaired) electrons. The molecule has 26 heavy (non-hydrogen) atoms. The first-order valence-electron chi connectivity index (χ1n) is 8.27. The minimum absolute atomic E-state index is 0.138. The fraction of sp³-hybridized carbons (Fsp3) is 0.412. The summed E-state index contributed by atoms with van der Waals surface area (Å²) >= 11 is 0. The van der Waals surface area contributed by atoms with E-state index in [0.29, 0.717) is 12.2 Å². The second-order valence-corrected chi connectivity index (χ2v) is 5.99. The first kappa shape index (κ1) is 18.4. The van der Waals surface area contributed by atoms with Crippen LogP contribution in [0.2, 0.25) is 0 Å². The molecule has 0 saturated carbocycles. The van der Waals surface area contributed by atoms with Crippen molar-refractivity contribution in [1.29, 1.82) is 0 Å². The minimum Gasteiger partial charge on any atom is -0.377 e. The molecule has 140 valence electrons. The number of amides is 1. The van der Waals surface area contributed by atoms with Crippen molar-refractivity contribution in [3.8, 4) is 5.69 Å². The topological polar surface area (TPSA) is 68.2 Å². The highest BCUT2D eigenvalue weighted by Gasteiger charge is 2.35. The summed E-state index contributed by atoms with van der Waals surface area (Å²) in [5.74, 6) is -0.231. The summed E-state index contributed by atoms with van der Waals surface area (Å²) in [6, 6.07) is 6.93. The van der Waals surface area contributed by atoms with Crippen molar-refractivity contribution in [2.75, 3.05) is 25.0 Å². The van der Waals surface area contributed by atoms with Crippen molar-refractivity contribution in [3.05, 3.63) is 42.2 Å². The summed E-state index contributed by atoms with van der Waals surface area (Å²) in [6.07, 6.45) is -1.21. The number of ether oxygens (including phenoxy) is 1. The van der Waals surface area contributed by atoms with Gasteiger partial charge in [-0.25, -0.2) is 4.68 Å². The van der Waals surface area contributed by atoms with Crippen molar-refractivity contribution in [2.45, 2.75) is 25.1 Å². The van der Waals surface area contributed by atoms with Gasteiger partial charge in [0.2, 0.25) is 5.91 Å². The van der Waals surface area contributed by atoms with Crippen LogP contribution < -0.4 is 10.6 Å². The molecule has 3 rings (SSSR count). The molecule has 1 atom stereocenters. The van der Waals surface area contributed by atoms with Crippen LogP contribution in [0.1, 0.15) is 18.5 Å². The van der Waals surface area contributed by atoms with Crippen molar-refractivity contribution < 1.29 is 22.7 Å². The molecule has 1 saturated heterocycles. The predicted octanol–water partition coefficient (Wildman–Crippen LogP) is 2.60. The van der Waals surface area contributed by atoms with E-state index in [4.69, 9.17) is 4.74 Å².